The molecule has 0 atom stereocenters. The summed E-state index contributed by atoms with van der Waals surface area (Å²) >= 11 is 0. The molecule has 0 saturated carbocycles. The largest absolute Gasteiger partial charge is 0.497 e. The molecule has 0 spiro atoms. The van der Waals surface area contributed by atoms with E-state index in [1.807, 2.05) is 30.3 Å². The molecule has 0 aliphatic rings. The van der Waals surface area contributed by atoms with Crippen LogP contribution in [-0.4, -0.2) is 37.4 Å². The number of benzene rings is 2. The highest BCUT2D eigenvalue weighted by molar-refractivity contribution is 6.45. The standard InChI is InChI=1S/C20H20N2O4/c1-25-14-5-3-4-13(10-14)8-9-21-20(24)19(23)17-12-22-18-7-6-15(26-2)11-16(17)18/h3-7,10-12,22H,8-9H2,1-2H3,(H,21,24). The number of amides is 1. The summed E-state index contributed by atoms with van der Waals surface area (Å²) in [7, 11) is 3.16. The van der Waals surface area contributed by atoms with Crippen molar-refractivity contribution < 1.29 is 19.1 Å². The molecule has 1 heterocycles. The predicted molar refractivity (Wildman–Crippen MR) is 98.9 cm³/mol. The number of aromatic amines is 1. The Kier molecular flexibility index (Phi) is 5.22. The van der Waals surface area contributed by atoms with Crippen LogP contribution in [0.15, 0.2) is 48.7 Å². The summed E-state index contributed by atoms with van der Waals surface area (Å²) in [6.07, 6.45) is 2.16. The first-order valence-electron chi connectivity index (χ1n) is 8.23. The molecule has 0 aliphatic heterocycles. The molecule has 0 aliphatic carbocycles. The normalized spacial score (nSPS) is 10.5. The van der Waals surface area contributed by atoms with E-state index in [-0.39, 0.29) is 0 Å². The first kappa shape index (κ1) is 17.5. The molecule has 26 heavy (non-hydrogen) atoms. The van der Waals surface area contributed by atoms with E-state index in [9.17, 15) is 9.59 Å². The third-order valence-electron chi connectivity index (χ3n) is 4.17. The lowest BCUT2D eigenvalue weighted by molar-refractivity contribution is -0.116. The highest BCUT2D eigenvalue weighted by atomic mass is 16.5. The fourth-order valence-electron chi connectivity index (χ4n) is 2.77. The van der Waals surface area contributed by atoms with Gasteiger partial charge in [0.25, 0.3) is 11.7 Å². The lowest BCUT2D eigenvalue weighted by Gasteiger charge is -2.06. The summed E-state index contributed by atoms with van der Waals surface area (Å²) < 4.78 is 10.4. The number of nitrogens with one attached hydrogen (secondary N) is 2. The van der Waals surface area contributed by atoms with Gasteiger partial charge in [0.2, 0.25) is 0 Å². The molecule has 1 aromatic heterocycles. The number of aromatic nitrogens is 1. The first-order valence-corrected chi connectivity index (χ1v) is 8.23. The molecule has 3 rings (SSSR count). The van der Waals surface area contributed by atoms with Gasteiger partial charge in [0.1, 0.15) is 11.5 Å². The average molecular weight is 352 g/mol. The first-order chi connectivity index (χ1) is 12.6. The maximum absolute atomic E-state index is 12.5. The monoisotopic (exact) mass is 352 g/mol. The zero-order chi connectivity index (χ0) is 18.5. The second-order valence-corrected chi connectivity index (χ2v) is 5.80. The van der Waals surface area contributed by atoms with Crippen LogP contribution in [-0.2, 0) is 11.2 Å². The van der Waals surface area contributed by atoms with E-state index in [0.717, 1.165) is 16.8 Å². The quantitative estimate of drug-likeness (QED) is 0.506. The topological polar surface area (TPSA) is 80.4 Å². The van der Waals surface area contributed by atoms with Crippen molar-refractivity contribution in [2.75, 3.05) is 20.8 Å². The number of fused-ring (bicyclic) bond motifs is 1. The van der Waals surface area contributed by atoms with Crippen LogP contribution in [0.4, 0.5) is 0 Å². The van der Waals surface area contributed by atoms with Crippen molar-refractivity contribution >= 4 is 22.6 Å². The van der Waals surface area contributed by atoms with Crippen molar-refractivity contribution in [2.45, 2.75) is 6.42 Å². The summed E-state index contributed by atoms with van der Waals surface area (Å²) in [6.45, 7) is 0.365. The van der Waals surface area contributed by atoms with Crippen molar-refractivity contribution in [1.29, 1.82) is 0 Å². The Labute approximate surface area is 151 Å². The second kappa shape index (κ2) is 7.74. The molecule has 1 amide bonds. The fraction of sp³-hybridized carbons (Fsp3) is 0.200. The Bertz CT molecular complexity index is 946. The minimum atomic E-state index is -0.628. The Morgan fingerprint density at radius 3 is 2.58 bits per heavy atom. The molecule has 3 aromatic rings. The van der Waals surface area contributed by atoms with E-state index < -0.39 is 11.7 Å². The molecular formula is C20H20N2O4. The Balaban J connectivity index is 1.65. The van der Waals surface area contributed by atoms with Gasteiger partial charge in [0, 0.05) is 23.6 Å². The zero-order valence-corrected chi connectivity index (χ0v) is 14.7. The van der Waals surface area contributed by atoms with E-state index in [1.165, 1.54) is 0 Å². The minimum Gasteiger partial charge on any atom is -0.497 e. The van der Waals surface area contributed by atoms with Gasteiger partial charge in [-0.05, 0) is 42.3 Å². The van der Waals surface area contributed by atoms with Gasteiger partial charge in [0.05, 0.1) is 19.8 Å². The molecule has 6 heteroatoms. The Hall–Kier alpha value is -3.28. The van der Waals surface area contributed by atoms with E-state index in [4.69, 9.17) is 9.47 Å². The van der Waals surface area contributed by atoms with Crippen LogP contribution in [0.2, 0.25) is 0 Å². The highest BCUT2D eigenvalue weighted by Gasteiger charge is 2.20. The van der Waals surface area contributed by atoms with Crippen molar-refractivity contribution in [3.8, 4) is 11.5 Å². The number of Topliss-reactive ketones (excluding diaryl/α,β-unsaturated/α-hetero) is 1. The Morgan fingerprint density at radius 2 is 1.81 bits per heavy atom. The molecule has 134 valence electrons. The van der Waals surface area contributed by atoms with Crippen LogP contribution >= 0.6 is 0 Å². The number of rotatable bonds is 7. The summed E-state index contributed by atoms with van der Waals surface area (Å²) in [4.78, 5) is 27.7. The molecule has 2 N–H and O–H groups in total. The predicted octanol–water partition coefficient (Wildman–Crippen LogP) is 2.73. The lowest BCUT2D eigenvalue weighted by atomic mass is 10.1. The van der Waals surface area contributed by atoms with Gasteiger partial charge in [-0.15, -0.1) is 0 Å². The molecule has 6 nitrogen and oxygen atoms in total. The van der Waals surface area contributed by atoms with Gasteiger partial charge in [-0.3, -0.25) is 9.59 Å². The third-order valence-corrected chi connectivity index (χ3v) is 4.17. The maximum atomic E-state index is 12.5. The van der Waals surface area contributed by atoms with Gasteiger partial charge in [-0.25, -0.2) is 0 Å². The zero-order valence-electron chi connectivity index (χ0n) is 14.7. The van der Waals surface area contributed by atoms with Gasteiger partial charge < -0.3 is 19.8 Å². The SMILES string of the molecule is COc1cccc(CCNC(=O)C(=O)c2c[nH]c3ccc(OC)cc23)c1. The molecule has 0 fully saturated rings. The molecule has 2 aromatic carbocycles. The molecule has 0 saturated heterocycles. The number of carbonyl (C=O) groups is 2. The molecule has 0 bridgehead atoms. The highest BCUT2D eigenvalue weighted by Crippen LogP contribution is 2.24. The lowest BCUT2D eigenvalue weighted by Crippen LogP contribution is -2.32. The summed E-state index contributed by atoms with van der Waals surface area (Å²) in [5.41, 5.74) is 2.13. The van der Waals surface area contributed by atoms with E-state index >= 15 is 0 Å². The summed E-state index contributed by atoms with van der Waals surface area (Å²) in [5, 5.41) is 3.34. The van der Waals surface area contributed by atoms with Crippen LogP contribution < -0.4 is 14.8 Å². The van der Waals surface area contributed by atoms with Crippen molar-refractivity contribution in [3.63, 3.8) is 0 Å². The summed E-state index contributed by atoms with van der Waals surface area (Å²) in [6, 6.07) is 12.9. The van der Waals surface area contributed by atoms with Crippen LogP contribution in [0.25, 0.3) is 10.9 Å². The second-order valence-electron chi connectivity index (χ2n) is 5.80. The number of ketones is 1. The summed E-state index contributed by atoms with van der Waals surface area (Å²) in [5.74, 6) is 0.189. The molecule has 0 unspecified atom stereocenters. The van der Waals surface area contributed by atoms with Gasteiger partial charge in [-0.1, -0.05) is 12.1 Å². The molecular weight excluding hydrogens is 332 g/mol. The third kappa shape index (κ3) is 3.69. The van der Waals surface area contributed by atoms with Crippen molar-refractivity contribution in [3.05, 3.63) is 59.8 Å². The van der Waals surface area contributed by atoms with Crippen LogP contribution in [0.3, 0.4) is 0 Å². The van der Waals surface area contributed by atoms with E-state index in [1.54, 1.807) is 32.5 Å². The van der Waals surface area contributed by atoms with Crippen LogP contribution in [0.5, 0.6) is 11.5 Å². The van der Waals surface area contributed by atoms with Gasteiger partial charge >= 0.3 is 0 Å². The Morgan fingerprint density at radius 1 is 1.04 bits per heavy atom. The van der Waals surface area contributed by atoms with Gasteiger partial charge in [0.15, 0.2) is 0 Å². The fourth-order valence-corrected chi connectivity index (χ4v) is 2.77. The number of H-pyrrole nitrogens is 1. The number of hydrogen-bond acceptors (Lipinski definition) is 4. The minimum absolute atomic E-state index is 0.331. The number of methoxy groups -OCH3 is 2. The van der Waals surface area contributed by atoms with E-state index in [0.29, 0.717) is 29.7 Å². The van der Waals surface area contributed by atoms with Gasteiger partial charge in [-0.2, -0.15) is 0 Å². The molecule has 0 radical (unpaired) electrons. The van der Waals surface area contributed by atoms with E-state index in [2.05, 4.69) is 10.3 Å². The number of hydrogen-bond donors (Lipinski definition) is 2. The average Bonchev–Trinajstić information content (AvgIpc) is 3.10. The van der Waals surface area contributed by atoms with Crippen LogP contribution in [0, 0.1) is 0 Å². The number of ether oxygens (including phenoxy) is 2. The maximum Gasteiger partial charge on any atom is 0.292 e. The van der Waals surface area contributed by atoms with Crippen LogP contribution in [0.1, 0.15) is 15.9 Å². The smallest absolute Gasteiger partial charge is 0.292 e. The van der Waals surface area contributed by atoms with Crippen molar-refractivity contribution in [1.82, 2.24) is 10.3 Å². The number of carbonyl (C=O) groups excluding carboxylic acids is 2. The van der Waals surface area contributed by atoms with Crippen molar-refractivity contribution in [2.24, 2.45) is 0 Å².